The molecule has 9 nitrogen and oxygen atoms in total. The van der Waals surface area contributed by atoms with Crippen LogP contribution in [0, 0.1) is 5.82 Å². The van der Waals surface area contributed by atoms with Crippen LogP contribution in [0.3, 0.4) is 0 Å². The Kier molecular flexibility index (Phi) is 7.42. The first-order chi connectivity index (χ1) is 17.6. The fraction of sp³-hybridized carbons (Fsp3) is 0.160. The van der Waals surface area contributed by atoms with Crippen molar-refractivity contribution in [3.63, 3.8) is 0 Å². The van der Waals surface area contributed by atoms with Crippen LogP contribution in [0.5, 0.6) is 5.75 Å². The van der Waals surface area contributed by atoms with Crippen molar-refractivity contribution >= 4 is 34.9 Å². The van der Waals surface area contributed by atoms with Crippen LogP contribution in [-0.2, 0) is 11.2 Å². The van der Waals surface area contributed by atoms with Crippen molar-refractivity contribution < 1.29 is 18.7 Å². The summed E-state index contributed by atoms with van der Waals surface area (Å²) in [7, 11) is 1.43. The summed E-state index contributed by atoms with van der Waals surface area (Å²) in [5.74, 6) is -1.79. The smallest absolute Gasteiger partial charge is 0.252 e. The number of benzene rings is 2. The van der Waals surface area contributed by atoms with Gasteiger partial charge in [-0.2, -0.15) is 0 Å². The third-order valence-electron chi connectivity index (χ3n) is 5.79. The van der Waals surface area contributed by atoms with Crippen molar-refractivity contribution in [2.75, 3.05) is 7.11 Å². The van der Waals surface area contributed by atoms with Crippen LogP contribution in [0.25, 0.3) is 16.8 Å². The highest BCUT2D eigenvalue weighted by Gasteiger charge is 2.22. The van der Waals surface area contributed by atoms with E-state index in [0.29, 0.717) is 33.1 Å². The Hall–Kier alpha value is -4.02. The van der Waals surface area contributed by atoms with Gasteiger partial charge in [-0.25, -0.2) is 9.07 Å². The van der Waals surface area contributed by atoms with Crippen LogP contribution in [-0.4, -0.2) is 38.4 Å². The highest BCUT2D eigenvalue weighted by Crippen LogP contribution is 2.35. The van der Waals surface area contributed by atoms with Gasteiger partial charge in [-0.1, -0.05) is 34.5 Å². The van der Waals surface area contributed by atoms with Crippen LogP contribution in [0.15, 0.2) is 59.7 Å². The number of hydrogen-bond acceptors (Lipinski definition) is 6. The molecule has 0 aliphatic rings. The van der Waals surface area contributed by atoms with Crippen LogP contribution in [0.4, 0.5) is 4.39 Å². The van der Waals surface area contributed by atoms with Crippen LogP contribution < -0.4 is 16.0 Å². The van der Waals surface area contributed by atoms with Gasteiger partial charge in [0.25, 0.3) is 11.5 Å². The van der Waals surface area contributed by atoms with E-state index >= 15 is 0 Å². The van der Waals surface area contributed by atoms with Crippen LogP contribution in [0.1, 0.15) is 28.9 Å². The molecule has 0 unspecified atom stereocenters. The monoisotopic (exact) mass is 543 g/mol. The van der Waals surface area contributed by atoms with Gasteiger partial charge >= 0.3 is 0 Å². The SMILES string of the molecule is COc1cn([C@@H](C)C(=O)Cc2ccc(C(N)=O)c(F)c2)c(=O)cc1-c1cc(Cl)ccc1-n1cc(Cl)nn1. The number of nitrogens with two attached hydrogens (primary N) is 1. The minimum Gasteiger partial charge on any atom is -0.495 e. The molecule has 1 atom stereocenters. The quantitative estimate of drug-likeness (QED) is 0.358. The second kappa shape index (κ2) is 10.5. The molecule has 4 aromatic rings. The summed E-state index contributed by atoms with van der Waals surface area (Å²) in [4.78, 5) is 37.4. The van der Waals surface area contributed by atoms with Crippen molar-refractivity contribution in [3.05, 3.63) is 92.3 Å². The summed E-state index contributed by atoms with van der Waals surface area (Å²) in [6, 6.07) is 9.17. The van der Waals surface area contributed by atoms with Gasteiger partial charge in [0.2, 0.25) is 0 Å². The summed E-state index contributed by atoms with van der Waals surface area (Å²) in [5, 5.41) is 8.36. The van der Waals surface area contributed by atoms with Crippen molar-refractivity contribution in [1.82, 2.24) is 19.6 Å². The highest BCUT2D eigenvalue weighted by molar-refractivity contribution is 6.31. The summed E-state index contributed by atoms with van der Waals surface area (Å²) in [6.07, 6.45) is 2.76. The normalized spacial score (nSPS) is 11.8. The van der Waals surface area contributed by atoms with E-state index < -0.39 is 23.3 Å². The number of pyridine rings is 1. The van der Waals surface area contributed by atoms with Gasteiger partial charge in [0.15, 0.2) is 10.9 Å². The van der Waals surface area contributed by atoms with Crippen LogP contribution in [0.2, 0.25) is 10.2 Å². The van der Waals surface area contributed by atoms with Gasteiger partial charge in [-0.05, 0) is 42.8 Å². The summed E-state index contributed by atoms with van der Waals surface area (Å²) in [5.41, 5.74) is 6.20. The first-order valence-corrected chi connectivity index (χ1v) is 11.6. The van der Waals surface area contributed by atoms with Gasteiger partial charge in [-0.15, -0.1) is 5.10 Å². The molecule has 1 amide bonds. The number of halogens is 3. The molecule has 2 aromatic heterocycles. The molecular formula is C25H20Cl2FN5O4. The minimum absolute atomic E-state index is 0.168. The zero-order valence-electron chi connectivity index (χ0n) is 19.6. The molecular weight excluding hydrogens is 524 g/mol. The van der Waals surface area contributed by atoms with Gasteiger partial charge in [-0.3, -0.25) is 14.4 Å². The number of Topliss-reactive ketones (excluding diaryl/α,β-unsaturated/α-hetero) is 1. The molecule has 190 valence electrons. The maximum absolute atomic E-state index is 14.1. The van der Waals surface area contributed by atoms with Crippen molar-refractivity contribution in [2.24, 2.45) is 5.73 Å². The topological polar surface area (TPSA) is 122 Å². The Morgan fingerprint density at radius 3 is 2.49 bits per heavy atom. The Morgan fingerprint density at radius 1 is 1.11 bits per heavy atom. The molecule has 0 aliphatic heterocycles. The molecule has 4 rings (SSSR count). The Labute approximate surface area is 220 Å². The number of methoxy groups -OCH3 is 1. The Balaban J connectivity index is 1.70. The number of primary amides is 1. The number of aromatic nitrogens is 4. The highest BCUT2D eigenvalue weighted by atomic mass is 35.5. The predicted octanol–water partition coefficient (Wildman–Crippen LogP) is 4.02. The van der Waals surface area contributed by atoms with Crippen molar-refractivity contribution in [2.45, 2.75) is 19.4 Å². The largest absolute Gasteiger partial charge is 0.495 e. The molecule has 0 saturated carbocycles. The molecule has 2 aromatic carbocycles. The number of carbonyl (C=O) groups is 2. The molecule has 37 heavy (non-hydrogen) atoms. The molecule has 2 heterocycles. The molecule has 0 spiro atoms. The lowest BCUT2D eigenvalue weighted by Gasteiger charge is -2.18. The maximum atomic E-state index is 14.1. The van der Waals surface area contributed by atoms with Crippen LogP contribution >= 0.6 is 23.2 Å². The minimum atomic E-state index is -0.905. The number of rotatable bonds is 8. The molecule has 12 heteroatoms. The van der Waals surface area contributed by atoms with Gasteiger partial charge < -0.3 is 15.0 Å². The van der Waals surface area contributed by atoms with E-state index in [1.165, 1.54) is 47.0 Å². The fourth-order valence-corrected chi connectivity index (χ4v) is 4.16. The van der Waals surface area contributed by atoms with E-state index in [2.05, 4.69) is 10.3 Å². The third kappa shape index (κ3) is 5.40. The number of amides is 1. The standard InChI is InChI=1S/C25H20Cl2FN5O4/c1-13(21(34)8-14-3-5-16(25(29)36)19(28)7-14)32-11-22(37-2)18(10-24(32)35)17-9-15(26)4-6-20(17)33-12-23(27)30-31-33/h3-7,9-13H,8H2,1-2H3,(H2,29,36)/t13-/m0/s1. The van der Waals surface area contributed by atoms with Gasteiger partial charge in [0.05, 0.1) is 36.8 Å². The fourth-order valence-electron chi connectivity index (χ4n) is 3.86. The first kappa shape index (κ1) is 26.1. The van der Waals surface area contributed by atoms with Crippen molar-refractivity contribution in [1.29, 1.82) is 0 Å². The number of hydrogen-bond donors (Lipinski definition) is 1. The van der Waals surface area contributed by atoms with E-state index in [0.717, 1.165) is 6.07 Å². The molecule has 0 radical (unpaired) electrons. The second-order valence-corrected chi connectivity index (χ2v) is 8.97. The molecule has 0 bridgehead atoms. The second-order valence-electron chi connectivity index (χ2n) is 8.15. The predicted molar refractivity (Wildman–Crippen MR) is 136 cm³/mol. The molecule has 2 N–H and O–H groups in total. The lowest BCUT2D eigenvalue weighted by atomic mass is 10.0. The van der Waals surface area contributed by atoms with E-state index in [1.54, 1.807) is 25.1 Å². The van der Waals surface area contributed by atoms with Gasteiger partial charge in [0, 0.05) is 28.6 Å². The summed E-state index contributed by atoms with van der Waals surface area (Å²) in [6.45, 7) is 1.55. The molecule has 0 saturated heterocycles. The average molecular weight is 544 g/mol. The van der Waals surface area contributed by atoms with E-state index in [-0.39, 0.29) is 22.9 Å². The van der Waals surface area contributed by atoms with E-state index in [1.807, 2.05) is 0 Å². The zero-order valence-corrected chi connectivity index (χ0v) is 21.1. The lowest BCUT2D eigenvalue weighted by molar-refractivity contribution is -0.121. The lowest BCUT2D eigenvalue weighted by Crippen LogP contribution is -2.28. The zero-order chi connectivity index (χ0) is 26.9. The Morgan fingerprint density at radius 2 is 1.86 bits per heavy atom. The van der Waals surface area contributed by atoms with E-state index in [4.69, 9.17) is 33.7 Å². The number of ether oxygens (including phenoxy) is 1. The third-order valence-corrected chi connectivity index (χ3v) is 6.19. The molecule has 0 fully saturated rings. The number of carbonyl (C=O) groups excluding carboxylic acids is 2. The summed E-state index contributed by atoms with van der Waals surface area (Å²) >= 11 is 12.2. The summed E-state index contributed by atoms with van der Waals surface area (Å²) < 4.78 is 22.3. The maximum Gasteiger partial charge on any atom is 0.252 e. The number of nitrogens with zero attached hydrogens (tertiary/aromatic N) is 4. The van der Waals surface area contributed by atoms with Gasteiger partial charge in [0.1, 0.15) is 11.6 Å². The van der Waals surface area contributed by atoms with E-state index in [9.17, 15) is 18.8 Å². The number of ketones is 1. The average Bonchev–Trinajstić information content (AvgIpc) is 3.29. The molecule has 0 aliphatic carbocycles. The Bertz CT molecular complexity index is 1580. The van der Waals surface area contributed by atoms with Crippen molar-refractivity contribution in [3.8, 4) is 22.6 Å². The first-order valence-electron chi connectivity index (χ1n) is 10.9.